The topological polar surface area (TPSA) is 26.3 Å². The van der Waals surface area contributed by atoms with Gasteiger partial charge in [0.05, 0.1) is 12.5 Å². The zero-order chi connectivity index (χ0) is 15.3. The van der Waals surface area contributed by atoms with Gasteiger partial charge in [-0.1, -0.05) is 12.7 Å². The molecule has 0 bridgehead atoms. The van der Waals surface area contributed by atoms with E-state index in [0.717, 1.165) is 12.1 Å². The second-order valence-electron chi connectivity index (χ2n) is 4.11. The van der Waals surface area contributed by atoms with Gasteiger partial charge in [0.2, 0.25) is 0 Å². The molecule has 1 rings (SSSR count). The minimum Gasteiger partial charge on any atom is -0.466 e. The van der Waals surface area contributed by atoms with Gasteiger partial charge in [0.15, 0.2) is 17.5 Å². The quantitative estimate of drug-likeness (QED) is 0.450. The molecule has 0 aromatic heterocycles. The lowest BCUT2D eigenvalue weighted by molar-refractivity contribution is -0.145. The lowest BCUT2D eigenvalue weighted by Crippen LogP contribution is -2.18. The van der Waals surface area contributed by atoms with E-state index in [1.807, 2.05) is 0 Å². The van der Waals surface area contributed by atoms with Crippen LogP contribution in [0.15, 0.2) is 31.4 Å². The highest BCUT2D eigenvalue weighted by atomic mass is 19.2. The van der Waals surface area contributed by atoms with Crippen LogP contribution in [0.1, 0.15) is 18.9 Å². The van der Waals surface area contributed by atoms with Crippen LogP contribution in [0.5, 0.6) is 0 Å². The van der Waals surface area contributed by atoms with Crippen LogP contribution < -0.4 is 0 Å². The summed E-state index contributed by atoms with van der Waals surface area (Å²) in [6.07, 6.45) is 1.68. The lowest BCUT2D eigenvalue weighted by Gasteiger charge is -2.17. The van der Waals surface area contributed by atoms with Gasteiger partial charge in [0.1, 0.15) is 0 Å². The van der Waals surface area contributed by atoms with Crippen molar-refractivity contribution < 1.29 is 22.7 Å². The Kier molecular flexibility index (Phi) is 5.55. The Hall–Kier alpha value is -2.04. The Labute approximate surface area is 115 Å². The molecule has 0 heterocycles. The maximum absolute atomic E-state index is 13.2. The summed E-state index contributed by atoms with van der Waals surface area (Å²) in [5, 5.41) is 0. The van der Waals surface area contributed by atoms with Crippen molar-refractivity contribution in [3.63, 3.8) is 0 Å². The van der Waals surface area contributed by atoms with Gasteiger partial charge in [0, 0.05) is 0 Å². The van der Waals surface area contributed by atoms with E-state index in [4.69, 9.17) is 4.74 Å². The van der Waals surface area contributed by atoms with Gasteiger partial charge in [-0.05, 0) is 36.6 Å². The van der Waals surface area contributed by atoms with Crippen molar-refractivity contribution in [1.82, 2.24) is 0 Å². The van der Waals surface area contributed by atoms with E-state index < -0.39 is 29.3 Å². The average Bonchev–Trinajstić information content (AvgIpc) is 2.41. The first-order chi connectivity index (χ1) is 9.42. The zero-order valence-electron chi connectivity index (χ0n) is 11.1. The zero-order valence-corrected chi connectivity index (χ0v) is 11.1. The van der Waals surface area contributed by atoms with Crippen LogP contribution in [0.3, 0.4) is 0 Å². The standard InChI is InChI=1S/C15H15F3O2/c1-4-6-11(15(19)20-5-2)9(3)10-7-12(16)14(18)13(17)8-10/h4,7-8,11H,1,3,5-6H2,2H3. The highest BCUT2D eigenvalue weighted by Gasteiger charge is 2.24. The Morgan fingerprint density at radius 1 is 1.35 bits per heavy atom. The molecule has 0 aliphatic rings. The molecule has 0 amide bonds. The van der Waals surface area contributed by atoms with Crippen molar-refractivity contribution in [1.29, 1.82) is 0 Å². The van der Waals surface area contributed by atoms with Crippen molar-refractivity contribution in [3.05, 3.63) is 54.4 Å². The lowest BCUT2D eigenvalue weighted by atomic mass is 9.91. The first kappa shape index (κ1) is 16.0. The fourth-order valence-corrected chi connectivity index (χ4v) is 1.73. The summed E-state index contributed by atoms with van der Waals surface area (Å²) in [6, 6.07) is 1.60. The summed E-state index contributed by atoms with van der Waals surface area (Å²) in [5.74, 6) is -5.60. The molecule has 1 aromatic carbocycles. The number of hydrogen-bond donors (Lipinski definition) is 0. The molecular weight excluding hydrogens is 269 g/mol. The maximum Gasteiger partial charge on any atom is 0.313 e. The Bertz CT molecular complexity index is 515. The highest BCUT2D eigenvalue weighted by molar-refractivity contribution is 5.88. The number of benzene rings is 1. The number of ether oxygens (including phenoxy) is 1. The van der Waals surface area contributed by atoms with Crippen molar-refractivity contribution in [2.45, 2.75) is 13.3 Å². The largest absolute Gasteiger partial charge is 0.466 e. The number of rotatable bonds is 6. The van der Waals surface area contributed by atoms with E-state index in [9.17, 15) is 18.0 Å². The molecule has 0 aliphatic carbocycles. The first-order valence-corrected chi connectivity index (χ1v) is 6.03. The van der Waals surface area contributed by atoms with Gasteiger partial charge in [-0.3, -0.25) is 4.79 Å². The van der Waals surface area contributed by atoms with E-state index in [2.05, 4.69) is 13.2 Å². The van der Waals surface area contributed by atoms with Gasteiger partial charge in [-0.15, -0.1) is 6.58 Å². The summed E-state index contributed by atoms with van der Waals surface area (Å²) in [6.45, 7) is 8.98. The van der Waals surface area contributed by atoms with Crippen molar-refractivity contribution >= 4 is 11.5 Å². The molecule has 0 aliphatic heterocycles. The Balaban J connectivity index is 3.12. The monoisotopic (exact) mass is 284 g/mol. The van der Waals surface area contributed by atoms with Crippen LogP contribution in [0.25, 0.3) is 5.57 Å². The predicted octanol–water partition coefficient (Wildman–Crippen LogP) is 3.87. The molecule has 0 saturated carbocycles. The van der Waals surface area contributed by atoms with Gasteiger partial charge < -0.3 is 4.74 Å². The van der Waals surface area contributed by atoms with Gasteiger partial charge in [-0.2, -0.15) is 0 Å². The number of carbonyl (C=O) groups excluding carboxylic acids is 1. The molecule has 20 heavy (non-hydrogen) atoms. The Morgan fingerprint density at radius 2 is 1.90 bits per heavy atom. The fourth-order valence-electron chi connectivity index (χ4n) is 1.73. The summed E-state index contributed by atoms with van der Waals surface area (Å²) in [4.78, 5) is 11.8. The van der Waals surface area contributed by atoms with E-state index >= 15 is 0 Å². The van der Waals surface area contributed by atoms with Crippen LogP contribution in [-0.2, 0) is 9.53 Å². The maximum atomic E-state index is 13.2. The minimum atomic E-state index is -1.56. The predicted molar refractivity (Wildman–Crippen MR) is 70.3 cm³/mol. The van der Waals surface area contributed by atoms with E-state index in [1.165, 1.54) is 6.08 Å². The molecule has 1 unspecified atom stereocenters. The molecule has 1 atom stereocenters. The third-order valence-corrected chi connectivity index (χ3v) is 2.75. The molecule has 5 heteroatoms. The molecule has 0 saturated heterocycles. The average molecular weight is 284 g/mol. The number of carbonyl (C=O) groups is 1. The normalized spacial score (nSPS) is 11.8. The third-order valence-electron chi connectivity index (χ3n) is 2.75. The molecule has 0 spiro atoms. The van der Waals surface area contributed by atoms with E-state index in [0.29, 0.717) is 0 Å². The number of allylic oxidation sites excluding steroid dienone is 1. The van der Waals surface area contributed by atoms with Crippen molar-refractivity contribution in [3.8, 4) is 0 Å². The van der Waals surface area contributed by atoms with E-state index in [1.54, 1.807) is 6.92 Å². The van der Waals surface area contributed by atoms with Crippen LogP contribution in [-0.4, -0.2) is 12.6 Å². The van der Waals surface area contributed by atoms with Crippen LogP contribution >= 0.6 is 0 Å². The summed E-state index contributed by atoms with van der Waals surface area (Å²) < 4.78 is 44.2. The van der Waals surface area contributed by atoms with Gasteiger partial charge in [-0.25, -0.2) is 13.2 Å². The van der Waals surface area contributed by atoms with Crippen LogP contribution in [0, 0.1) is 23.4 Å². The number of halogens is 3. The van der Waals surface area contributed by atoms with E-state index in [-0.39, 0.29) is 24.2 Å². The Morgan fingerprint density at radius 3 is 2.35 bits per heavy atom. The fraction of sp³-hybridized carbons (Fsp3) is 0.267. The van der Waals surface area contributed by atoms with Gasteiger partial charge in [0.25, 0.3) is 0 Å². The molecule has 0 N–H and O–H groups in total. The smallest absolute Gasteiger partial charge is 0.313 e. The van der Waals surface area contributed by atoms with Crippen molar-refractivity contribution in [2.75, 3.05) is 6.61 Å². The molecule has 0 radical (unpaired) electrons. The minimum absolute atomic E-state index is 0.0151. The molecule has 0 fully saturated rings. The summed E-state index contributed by atoms with van der Waals surface area (Å²) in [5.41, 5.74) is 0.169. The summed E-state index contributed by atoms with van der Waals surface area (Å²) >= 11 is 0. The summed E-state index contributed by atoms with van der Waals surface area (Å²) in [7, 11) is 0. The number of hydrogen-bond acceptors (Lipinski definition) is 2. The third kappa shape index (κ3) is 3.50. The molecular formula is C15H15F3O2. The second-order valence-corrected chi connectivity index (χ2v) is 4.11. The highest BCUT2D eigenvalue weighted by Crippen LogP contribution is 2.28. The number of esters is 1. The molecule has 108 valence electrons. The molecule has 2 nitrogen and oxygen atoms in total. The van der Waals surface area contributed by atoms with Gasteiger partial charge >= 0.3 is 5.97 Å². The molecule has 1 aromatic rings. The first-order valence-electron chi connectivity index (χ1n) is 6.03. The van der Waals surface area contributed by atoms with Crippen molar-refractivity contribution in [2.24, 2.45) is 5.92 Å². The SMILES string of the molecule is C=CCC(C(=C)c1cc(F)c(F)c(F)c1)C(=O)OCC. The van der Waals surface area contributed by atoms with Crippen LogP contribution in [0.2, 0.25) is 0 Å². The van der Waals surface area contributed by atoms with Crippen LogP contribution in [0.4, 0.5) is 13.2 Å². The second kappa shape index (κ2) is 6.93.